The number of benzene rings is 1. The van der Waals surface area contributed by atoms with Gasteiger partial charge in [-0.1, -0.05) is 6.08 Å². The number of nitrogen functional groups attached to an aromatic ring is 1. The van der Waals surface area contributed by atoms with E-state index in [0.29, 0.717) is 17.6 Å². The Bertz CT molecular complexity index is 567. The molecule has 0 saturated heterocycles. The molecule has 3 N–H and O–H groups in total. The fraction of sp³-hybridized carbons (Fsp3) is 0.308. The third kappa shape index (κ3) is 3.04. The number of halogens is 3. The Hall–Kier alpha value is -2.18. The average molecular weight is 286 g/mol. The van der Waals surface area contributed by atoms with E-state index < -0.39 is 17.8 Å². The van der Waals surface area contributed by atoms with Crippen LogP contribution < -0.4 is 5.73 Å². The number of rotatable bonds is 1. The van der Waals surface area contributed by atoms with Crippen molar-refractivity contribution in [3.05, 3.63) is 35.4 Å². The van der Waals surface area contributed by atoms with Gasteiger partial charge in [0.15, 0.2) is 0 Å². The van der Waals surface area contributed by atoms with Crippen LogP contribution in [0.4, 0.5) is 23.7 Å². The molecule has 1 aromatic carbocycles. The van der Waals surface area contributed by atoms with Gasteiger partial charge in [0.25, 0.3) is 0 Å². The van der Waals surface area contributed by atoms with Gasteiger partial charge in [0, 0.05) is 18.8 Å². The maximum atomic E-state index is 12.7. The fourth-order valence-electron chi connectivity index (χ4n) is 2.11. The fourth-order valence-corrected chi connectivity index (χ4v) is 2.11. The predicted molar refractivity (Wildman–Crippen MR) is 68.0 cm³/mol. The molecule has 108 valence electrons. The quantitative estimate of drug-likeness (QED) is 0.780. The third-order valence-electron chi connectivity index (χ3n) is 3.13. The lowest BCUT2D eigenvalue weighted by atomic mass is 9.97. The van der Waals surface area contributed by atoms with E-state index in [9.17, 15) is 18.0 Å². The van der Waals surface area contributed by atoms with Crippen molar-refractivity contribution in [3.63, 3.8) is 0 Å². The Morgan fingerprint density at radius 2 is 2.00 bits per heavy atom. The second-order valence-corrected chi connectivity index (χ2v) is 4.55. The standard InChI is InChI=1S/C13H13F3N2O2/c14-13(15,16)10-5-9(6-11(17)7-10)8-1-3-18(4-2-8)12(19)20/h1,5-7H,2-4,17H2,(H,19,20). The van der Waals surface area contributed by atoms with Gasteiger partial charge in [-0.3, -0.25) is 0 Å². The van der Waals surface area contributed by atoms with Gasteiger partial charge >= 0.3 is 12.3 Å². The Labute approximate surface area is 113 Å². The highest BCUT2D eigenvalue weighted by Crippen LogP contribution is 2.34. The molecule has 7 heteroatoms. The van der Waals surface area contributed by atoms with Gasteiger partial charge in [0.2, 0.25) is 0 Å². The van der Waals surface area contributed by atoms with Crippen LogP contribution in [0.2, 0.25) is 0 Å². The normalized spacial score (nSPS) is 15.9. The van der Waals surface area contributed by atoms with Crippen molar-refractivity contribution in [2.45, 2.75) is 12.6 Å². The third-order valence-corrected chi connectivity index (χ3v) is 3.13. The predicted octanol–water partition coefficient (Wildman–Crippen LogP) is 3.05. The molecule has 1 amide bonds. The first-order valence-electron chi connectivity index (χ1n) is 5.92. The molecule has 0 fully saturated rings. The minimum Gasteiger partial charge on any atom is -0.465 e. The highest BCUT2D eigenvalue weighted by atomic mass is 19.4. The van der Waals surface area contributed by atoms with E-state index in [0.717, 1.165) is 12.1 Å². The zero-order valence-corrected chi connectivity index (χ0v) is 10.4. The van der Waals surface area contributed by atoms with Gasteiger partial charge in [-0.05, 0) is 35.8 Å². The largest absolute Gasteiger partial charge is 0.465 e. The smallest absolute Gasteiger partial charge is 0.416 e. The first-order valence-corrected chi connectivity index (χ1v) is 5.92. The minimum atomic E-state index is -4.45. The van der Waals surface area contributed by atoms with Gasteiger partial charge in [-0.15, -0.1) is 0 Å². The van der Waals surface area contributed by atoms with Crippen LogP contribution >= 0.6 is 0 Å². The van der Waals surface area contributed by atoms with Crippen LogP contribution in [-0.2, 0) is 6.18 Å². The summed E-state index contributed by atoms with van der Waals surface area (Å²) in [5, 5.41) is 8.82. The number of hydrogen-bond donors (Lipinski definition) is 2. The van der Waals surface area contributed by atoms with E-state index in [1.54, 1.807) is 6.08 Å². The molecule has 0 bridgehead atoms. The summed E-state index contributed by atoms with van der Waals surface area (Å²) in [7, 11) is 0. The van der Waals surface area contributed by atoms with Crippen molar-refractivity contribution in [2.75, 3.05) is 18.8 Å². The van der Waals surface area contributed by atoms with Crippen LogP contribution in [0, 0.1) is 0 Å². The zero-order chi connectivity index (χ0) is 14.9. The zero-order valence-electron chi connectivity index (χ0n) is 10.4. The molecule has 1 aliphatic heterocycles. The topological polar surface area (TPSA) is 66.6 Å². The van der Waals surface area contributed by atoms with E-state index in [1.165, 1.54) is 11.0 Å². The summed E-state index contributed by atoms with van der Waals surface area (Å²) in [6, 6.07) is 3.40. The number of carbonyl (C=O) groups is 1. The van der Waals surface area contributed by atoms with E-state index in [2.05, 4.69) is 0 Å². The number of carboxylic acid groups (broad SMARTS) is 1. The van der Waals surface area contributed by atoms with Crippen LogP contribution in [-0.4, -0.2) is 29.2 Å². The van der Waals surface area contributed by atoms with Crippen molar-refractivity contribution in [1.29, 1.82) is 0 Å². The highest BCUT2D eigenvalue weighted by Gasteiger charge is 2.31. The minimum absolute atomic E-state index is 0.0383. The van der Waals surface area contributed by atoms with E-state index >= 15 is 0 Å². The lowest BCUT2D eigenvalue weighted by molar-refractivity contribution is -0.137. The summed E-state index contributed by atoms with van der Waals surface area (Å²) in [4.78, 5) is 12.0. The van der Waals surface area contributed by atoms with E-state index in [1.807, 2.05) is 0 Å². The molecule has 0 radical (unpaired) electrons. The molecule has 4 nitrogen and oxygen atoms in total. The molecule has 0 atom stereocenters. The molecule has 0 aliphatic carbocycles. The monoisotopic (exact) mass is 286 g/mol. The second-order valence-electron chi connectivity index (χ2n) is 4.55. The van der Waals surface area contributed by atoms with Crippen LogP contribution in [0.5, 0.6) is 0 Å². The number of amides is 1. The SMILES string of the molecule is Nc1cc(C2=CCN(C(=O)O)CC2)cc(C(F)(F)F)c1. The van der Waals surface area contributed by atoms with E-state index in [4.69, 9.17) is 10.8 Å². The molecule has 0 unspecified atom stereocenters. The van der Waals surface area contributed by atoms with Crippen molar-refractivity contribution in [3.8, 4) is 0 Å². The lowest BCUT2D eigenvalue weighted by Gasteiger charge is -2.24. The Balaban J connectivity index is 2.30. The summed E-state index contributed by atoms with van der Waals surface area (Å²) in [5.41, 5.74) is 5.82. The lowest BCUT2D eigenvalue weighted by Crippen LogP contribution is -2.33. The Morgan fingerprint density at radius 1 is 1.30 bits per heavy atom. The average Bonchev–Trinajstić information content (AvgIpc) is 2.37. The van der Waals surface area contributed by atoms with Crippen LogP contribution in [0.25, 0.3) is 5.57 Å². The van der Waals surface area contributed by atoms with Crippen molar-refractivity contribution >= 4 is 17.4 Å². The van der Waals surface area contributed by atoms with Crippen molar-refractivity contribution in [2.24, 2.45) is 0 Å². The molecule has 20 heavy (non-hydrogen) atoms. The van der Waals surface area contributed by atoms with Crippen molar-refractivity contribution < 1.29 is 23.1 Å². The van der Waals surface area contributed by atoms with Gasteiger partial charge in [0.05, 0.1) is 5.56 Å². The van der Waals surface area contributed by atoms with Gasteiger partial charge in [-0.2, -0.15) is 13.2 Å². The first-order chi connectivity index (χ1) is 9.27. The number of anilines is 1. The summed E-state index contributed by atoms with van der Waals surface area (Å²) >= 11 is 0. The Morgan fingerprint density at radius 3 is 2.50 bits per heavy atom. The molecule has 1 aliphatic rings. The second kappa shape index (κ2) is 5.07. The molecule has 2 rings (SSSR count). The van der Waals surface area contributed by atoms with Gasteiger partial charge in [-0.25, -0.2) is 4.79 Å². The van der Waals surface area contributed by atoms with Crippen LogP contribution in [0.3, 0.4) is 0 Å². The molecular formula is C13H13F3N2O2. The highest BCUT2D eigenvalue weighted by molar-refractivity contribution is 5.73. The summed E-state index contributed by atoms with van der Waals surface area (Å²) in [5.74, 6) is 0. The maximum Gasteiger partial charge on any atom is 0.416 e. The molecule has 1 heterocycles. The molecule has 1 aromatic rings. The van der Waals surface area contributed by atoms with E-state index in [-0.39, 0.29) is 18.8 Å². The molecule has 0 saturated carbocycles. The number of alkyl halides is 3. The molecule has 0 spiro atoms. The maximum absolute atomic E-state index is 12.7. The summed E-state index contributed by atoms with van der Waals surface area (Å²) in [6.07, 6.45) is -3.50. The van der Waals surface area contributed by atoms with Crippen molar-refractivity contribution in [1.82, 2.24) is 4.90 Å². The van der Waals surface area contributed by atoms with Gasteiger partial charge < -0.3 is 15.7 Å². The number of nitrogens with two attached hydrogens (primary N) is 1. The van der Waals surface area contributed by atoms with Gasteiger partial charge in [0.1, 0.15) is 0 Å². The number of nitrogens with zero attached hydrogens (tertiary/aromatic N) is 1. The Kier molecular flexibility index (Phi) is 3.61. The first kappa shape index (κ1) is 14.2. The summed E-state index contributed by atoms with van der Waals surface area (Å²) < 4.78 is 38.2. The summed E-state index contributed by atoms with van der Waals surface area (Å²) in [6.45, 7) is 0.429. The molecule has 0 aromatic heterocycles. The number of hydrogen-bond acceptors (Lipinski definition) is 2. The molecular weight excluding hydrogens is 273 g/mol. The van der Waals surface area contributed by atoms with Crippen LogP contribution in [0.15, 0.2) is 24.3 Å². The van der Waals surface area contributed by atoms with Crippen LogP contribution in [0.1, 0.15) is 17.5 Å².